The number of nitrogens with one attached hydrogen (secondary N) is 2. The minimum atomic E-state index is -0.849. The van der Waals surface area contributed by atoms with Crippen LogP contribution < -0.4 is 11.1 Å². The van der Waals surface area contributed by atoms with E-state index >= 15 is 0 Å². The van der Waals surface area contributed by atoms with E-state index in [-0.39, 0.29) is 36.7 Å². The Morgan fingerprint density at radius 2 is 1.94 bits per heavy atom. The summed E-state index contributed by atoms with van der Waals surface area (Å²) >= 11 is 6.17. The van der Waals surface area contributed by atoms with Crippen molar-refractivity contribution >= 4 is 35.5 Å². The first-order valence-corrected chi connectivity index (χ1v) is 10.7. The van der Waals surface area contributed by atoms with Crippen molar-refractivity contribution in [1.29, 1.82) is 5.41 Å². The fourth-order valence-electron chi connectivity index (χ4n) is 3.57. The summed E-state index contributed by atoms with van der Waals surface area (Å²) in [5, 5.41) is 10.3. The van der Waals surface area contributed by atoms with Crippen molar-refractivity contribution in [3.8, 4) is 0 Å². The predicted octanol–water partition coefficient (Wildman–Crippen LogP) is 2.61. The van der Waals surface area contributed by atoms with Crippen molar-refractivity contribution in [2.75, 3.05) is 13.1 Å². The van der Waals surface area contributed by atoms with Gasteiger partial charge in [0.2, 0.25) is 5.91 Å². The van der Waals surface area contributed by atoms with Gasteiger partial charge in [-0.1, -0.05) is 37.6 Å². The average molecular weight is 460 g/mol. The number of amides is 3. The minimum absolute atomic E-state index is 0.0123. The van der Waals surface area contributed by atoms with Gasteiger partial charge in [0.1, 0.15) is 0 Å². The zero-order valence-electron chi connectivity index (χ0n) is 18.8. The maximum absolute atomic E-state index is 13.2. The molecule has 0 radical (unpaired) electrons. The van der Waals surface area contributed by atoms with Crippen LogP contribution in [0, 0.1) is 11.3 Å². The number of benzene rings is 1. The minimum Gasteiger partial charge on any atom is -0.403 e. The highest BCUT2D eigenvalue weighted by Gasteiger charge is 2.40. The third kappa shape index (κ3) is 5.97. The van der Waals surface area contributed by atoms with Gasteiger partial charge in [0, 0.05) is 42.5 Å². The number of carbonyl (C=O) groups is 3. The Morgan fingerprint density at radius 3 is 2.50 bits per heavy atom. The normalized spacial score (nSPS) is 19.7. The number of allylic oxidation sites excluding steroid dienone is 2. The van der Waals surface area contributed by atoms with Crippen molar-refractivity contribution < 1.29 is 14.4 Å². The SMILES string of the molecule is C/C(C=N)=C/C(=C\N)NC(=O)C(=O)N1C[C@@H](C)N(C(=O)C(C)C)C[C@@H]1c1cccc(Cl)c1. The van der Waals surface area contributed by atoms with E-state index in [1.807, 2.05) is 26.8 Å². The predicted molar refractivity (Wildman–Crippen MR) is 125 cm³/mol. The lowest BCUT2D eigenvalue weighted by Crippen LogP contribution is -2.59. The average Bonchev–Trinajstić information content (AvgIpc) is 2.76. The van der Waals surface area contributed by atoms with Crippen LogP contribution in [0.4, 0.5) is 0 Å². The zero-order valence-corrected chi connectivity index (χ0v) is 19.5. The number of halogens is 1. The van der Waals surface area contributed by atoms with Crippen LogP contribution in [0.5, 0.6) is 0 Å². The van der Waals surface area contributed by atoms with Crippen LogP contribution in [0.15, 0.2) is 47.8 Å². The Labute approximate surface area is 193 Å². The number of hydrogen-bond donors (Lipinski definition) is 3. The smallest absolute Gasteiger partial charge is 0.313 e. The van der Waals surface area contributed by atoms with Crippen LogP contribution in [0.2, 0.25) is 5.02 Å². The summed E-state index contributed by atoms with van der Waals surface area (Å²) in [5.74, 6) is -1.79. The van der Waals surface area contributed by atoms with Crippen molar-refractivity contribution in [2.24, 2.45) is 11.7 Å². The summed E-state index contributed by atoms with van der Waals surface area (Å²) in [4.78, 5) is 41.9. The molecule has 1 aromatic rings. The lowest BCUT2D eigenvalue weighted by molar-refractivity contribution is -0.154. The summed E-state index contributed by atoms with van der Waals surface area (Å²) in [5.41, 5.74) is 7.07. The number of rotatable bonds is 5. The Kier molecular flexibility index (Phi) is 8.60. The summed E-state index contributed by atoms with van der Waals surface area (Å²) in [6, 6.07) is 6.26. The molecule has 1 heterocycles. The van der Waals surface area contributed by atoms with Crippen LogP contribution in [0.25, 0.3) is 0 Å². The molecule has 0 aromatic heterocycles. The van der Waals surface area contributed by atoms with Crippen molar-refractivity contribution in [2.45, 2.75) is 39.8 Å². The highest BCUT2D eigenvalue weighted by atomic mass is 35.5. The van der Waals surface area contributed by atoms with Crippen molar-refractivity contribution in [3.05, 3.63) is 58.4 Å². The maximum Gasteiger partial charge on any atom is 0.313 e. The van der Waals surface area contributed by atoms with Crippen LogP contribution in [-0.2, 0) is 14.4 Å². The molecule has 9 heteroatoms. The molecule has 1 aromatic carbocycles. The molecule has 1 saturated heterocycles. The third-order valence-electron chi connectivity index (χ3n) is 5.25. The molecule has 0 spiro atoms. The highest BCUT2D eigenvalue weighted by Crippen LogP contribution is 2.30. The van der Waals surface area contributed by atoms with Crippen molar-refractivity contribution in [3.63, 3.8) is 0 Å². The molecule has 1 fully saturated rings. The molecule has 0 bridgehead atoms. The first kappa shape index (κ1) is 25.1. The first-order chi connectivity index (χ1) is 15.1. The van der Waals surface area contributed by atoms with Gasteiger partial charge in [-0.3, -0.25) is 14.4 Å². The molecule has 0 saturated carbocycles. The number of nitrogens with two attached hydrogens (primary N) is 1. The molecule has 4 N–H and O–H groups in total. The first-order valence-electron chi connectivity index (χ1n) is 10.4. The zero-order chi connectivity index (χ0) is 24.0. The Balaban J connectivity index is 2.35. The van der Waals surface area contributed by atoms with E-state index < -0.39 is 17.9 Å². The molecular weight excluding hydrogens is 430 g/mol. The second-order valence-electron chi connectivity index (χ2n) is 8.13. The summed E-state index contributed by atoms with van der Waals surface area (Å²) in [7, 11) is 0. The maximum atomic E-state index is 13.2. The van der Waals surface area contributed by atoms with Gasteiger partial charge in [-0.15, -0.1) is 0 Å². The van der Waals surface area contributed by atoms with Crippen molar-refractivity contribution in [1.82, 2.24) is 15.1 Å². The van der Waals surface area contributed by atoms with E-state index in [2.05, 4.69) is 5.32 Å². The Bertz CT molecular complexity index is 957. The van der Waals surface area contributed by atoms with Gasteiger partial charge in [-0.25, -0.2) is 0 Å². The summed E-state index contributed by atoms with van der Waals surface area (Å²) in [6.07, 6.45) is 3.77. The molecule has 1 aliphatic rings. The van der Waals surface area contributed by atoms with E-state index in [0.29, 0.717) is 10.6 Å². The number of piperazine rings is 1. The van der Waals surface area contributed by atoms with E-state index in [0.717, 1.165) is 18.0 Å². The monoisotopic (exact) mass is 459 g/mol. The summed E-state index contributed by atoms with van der Waals surface area (Å²) < 4.78 is 0. The van der Waals surface area contributed by atoms with Crippen LogP contribution in [0.3, 0.4) is 0 Å². The molecule has 0 aliphatic carbocycles. The highest BCUT2D eigenvalue weighted by molar-refractivity contribution is 6.35. The topological polar surface area (TPSA) is 120 Å². The molecular formula is C23H30ClN5O3. The van der Waals surface area contributed by atoms with Gasteiger partial charge < -0.3 is 26.3 Å². The second kappa shape index (κ2) is 10.9. The molecule has 32 heavy (non-hydrogen) atoms. The molecule has 2 rings (SSSR count). The quantitative estimate of drug-likeness (QED) is 0.356. The van der Waals surface area contributed by atoms with Gasteiger partial charge in [-0.05, 0) is 43.2 Å². The fourth-order valence-corrected chi connectivity index (χ4v) is 3.76. The molecule has 8 nitrogen and oxygen atoms in total. The number of nitrogens with zero attached hydrogens (tertiary/aromatic N) is 2. The van der Waals surface area contributed by atoms with Gasteiger partial charge >= 0.3 is 11.8 Å². The van der Waals surface area contributed by atoms with Gasteiger partial charge in [0.15, 0.2) is 0 Å². The molecule has 3 amide bonds. The molecule has 172 valence electrons. The second-order valence-corrected chi connectivity index (χ2v) is 8.57. The van der Waals surface area contributed by atoms with Gasteiger partial charge in [0.25, 0.3) is 0 Å². The van der Waals surface area contributed by atoms with E-state index in [1.54, 1.807) is 30.0 Å². The Hall–Kier alpha value is -3.13. The summed E-state index contributed by atoms with van der Waals surface area (Å²) in [6.45, 7) is 7.64. The van der Waals surface area contributed by atoms with E-state index in [1.165, 1.54) is 11.0 Å². The standard InChI is InChI=1S/C23H30ClN5O3/c1-14(2)22(31)28-13-20(17-6-5-7-18(24)9-17)29(12-16(28)4)23(32)21(30)27-19(11-26)8-15(3)10-25/h5-11,14,16,20,25H,12-13,26H2,1-4H3,(H,27,30)/b15-8-,19-11+,25-10?/t16-,20-/m1/s1. The number of hydrogen-bond acceptors (Lipinski definition) is 5. The molecule has 0 unspecified atom stereocenters. The van der Waals surface area contributed by atoms with Crippen LogP contribution >= 0.6 is 11.6 Å². The lowest BCUT2D eigenvalue weighted by atomic mass is 9.98. The number of carbonyl (C=O) groups excluding carboxylic acids is 3. The van der Waals surface area contributed by atoms with Gasteiger partial charge in [-0.2, -0.15) is 0 Å². The van der Waals surface area contributed by atoms with Gasteiger partial charge in [0.05, 0.1) is 11.7 Å². The fraction of sp³-hybridized carbons (Fsp3) is 0.391. The van der Waals surface area contributed by atoms with Crippen LogP contribution in [-0.4, -0.2) is 52.9 Å². The van der Waals surface area contributed by atoms with Crippen LogP contribution in [0.1, 0.15) is 39.3 Å². The lowest BCUT2D eigenvalue weighted by Gasteiger charge is -2.45. The Morgan fingerprint density at radius 1 is 1.25 bits per heavy atom. The van der Waals surface area contributed by atoms with E-state index in [4.69, 9.17) is 22.7 Å². The van der Waals surface area contributed by atoms with E-state index in [9.17, 15) is 14.4 Å². The molecule has 1 aliphatic heterocycles. The molecule has 2 atom stereocenters. The largest absolute Gasteiger partial charge is 0.403 e. The third-order valence-corrected chi connectivity index (χ3v) is 5.49.